The summed E-state index contributed by atoms with van der Waals surface area (Å²) in [5.74, 6) is 0.0439. The van der Waals surface area contributed by atoms with Crippen molar-refractivity contribution < 1.29 is 4.39 Å². The Hall–Kier alpha value is -1.51. The fourth-order valence-corrected chi connectivity index (χ4v) is 1.53. The van der Waals surface area contributed by atoms with Gasteiger partial charge in [0.1, 0.15) is 5.69 Å². The van der Waals surface area contributed by atoms with Crippen molar-refractivity contribution >= 4 is 5.71 Å². The number of halogens is 1. The third-order valence-corrected chi connectivity index (χ3v) is 2.34. The summed E-state index contributed by atoms with van der Waals surface area (Å²) in [6, 6.07) is 2.99. The average Bonchev–Trinajstić information content (AvgIpc) is 2.67. The standard InChI is InChI=1S/C11H11FN2/c1-2-8-6-10(14-7-8)11-9(12)4-3-5-13-11/h2-5,8H,1,6-7H2. The Morgan fingerprint density at radius 2 is 2.43 bits per heavy atom. The van der Waals surface area contributed by atoms with Crippen molar-refractivity contribution in [2.45, 2.75) is 6.42 Å². The van der Waals surface area contributed by atoms with Crippen LogP contribution in [-0.4, -0.2) is 17.2 Å². The molecule has 1 aliphatic heterocycles. The second-order valence-corrected chi connectivity index (χ2v) is 3.32. The summed E-state index contributed by atoms with van der Waals surface area (Å²) < 4.78 is 13.3. The monoisotopic (exact) mass is 190 g/mol. The van der Waals surface area contributed by atoms with Gasteiger partial charge in [-0.05, 0) is 18.6 Å². The van der Waals surface area contributed by atoms with E-state index in [-0.39, 0.29) is 5.82 Å². The summed E-state index contributed by atoms with van der Waals surface area (Å²) in [6.07, 6.45) is 4.19. The van der Waals surface area contributed by atoms with Gasteiger partial charge in [-0.2, -0.15) is 0 Å². The van der Waals surface area contributed by atoms with Crippen LogP contribution < -0.4 is 0 Å². The molecule has 1 atom stereocenters. The van der Waals surface area contributed by atoms with Gasteiger partial charge in [0, 0.05) is 18.7 Å². The summed E-state index contributed by atoms with van der Waals surface area (Å²) in [7, 11) is 0. The molecule has 14 heavy (non-hydrogen) atoms. The Kier molecular flexibility index (Phi) is 2.39. The van der Waals surface area contributed by atoms with Crippen LogP contribution in [-0.2, 0) is 0 Å². The van der Waals surface area contributed by atoms with Crippen LogP contribution in [0, 0.1) is 11.7 Å². The van der Waals surface area contributed by atoms with E-state index in [0.29, 0.717) is 18.2 Å². The highest BCUT2D eigenvalue weighted by Crippen LogP contribution is 2.19. The minimum Gasteiger partial charge on any atom is -0.287 e. The van der Waals surface area contributed by atoms with E-state index in [4.69, 9.17) is 0 Å². The highest BCUT2D eigenvalue weighted by Gasteiger charge is 2.20. The first-order chi connectivity index (χ1) is 6.81. The SMILES string of the molecule is C=CC1CN=C(c2ncccc2F)C1. The predicted octanol–water partition coefficient (Wildman–Crippen LogP) is 2.22. The molecule has 3 heteroatoms. The van der Waals surface area contributed by atoms with Gasteiger partial charge in [0.25, 0.3) is 0 Å². The molecule has 0 amide bonds. The van der Waals surface area contributed by atoms with Gasteiger partial charge in [-0.25, -0.2) is 4.39 Å². The Balaban J connectivity index is 2.25. The molecule has 0 aromatic carbocycles. The summed E-state index contributed by atoms with van der Waals surface area (Å²) >= 11 is 0. The molecule has 1 unspecified atom stereocenters. The molecule has 1 aliphatic rings. The molecule has 2 nitrogen and oxygen atoms in total. The molecule has 72 valence electrons. The number of rotatable bonds is 2. The maximum Gasteiger partial charge on any atom is 0.150 e. The summed E-state index contributed by atoms with van der Waals surface area (Å²) in [5, 5.41) is 0. The minimum absolute atomic E-state index is 0.295. The molecular weight excluding hydrogens is 179 g/mol. The lowest BCUT2D eigenvalue weighted by molar-refractivity contribution is 0.617. The van der Waals surface area contributed by atoms with Gasteiger partial charge >= 0.3 is 0 Å². The van der Waals surface area contributed by atoms with Crippen molar-refractivity contribution in [3.8, 4) is 0 Å². The zero-order chi connectivity index (χ0) is 9.97. The lowest BCUT2D eigenvalue weighted by atomic mass is 10.0. The minimum atomic E-state index is -0.295. The van der Waals surface area contributed by atoms with Gasteiger partial charge in [0.2, 0.25) is 0 Å². The van der Waals surface area contributed by atoms with E-state index in [1.807, 2.05) is 6.08 Å². The van der Waals surface area contributed by atoms with Crippen molar-refractivity contribution in [2.24, 2.45) is 10.9 Å². The first-order valence-electron chi connectivity index (χ1n) is 4.58. The van der Waals surface area contributed by atoms with Gasteiger partial charge in [-0.15, -0.1) is 6.58 Å². The molecule has 0 N–H and O–H groups in total. The Bertz CT molecular complexity index is 385. The zero-order valence-electron chi connectivity index (χ0n) is 7.78. The third kappa shape index (κ3) is 1.58. The van der Waals surface area contributed by atoms with Gasteiger partial charge in [-0.3, -0.25) is 9.98 Å². The van der Waals surface area contributed by atoms with Crippen LogP contribution in [0.15, 0.2) is 36.0 Å². The smallest absolute Gasteiger partial charge is 0.150 e. The molecule has 0 aliphatic carbocycles. The van der Waals surface area contributed by atoms with Crippen LogP contribution in [0.25, 0.3) is 0 Å². The topological polar surface area (TPSA) is 25.2 Å². The first-order valence-corrected chi connectivity index (χ1v) is 4.58. The largest absolute Gasteiger partial charge is 0.287 e. The lowest BCUT2D eigenvalue weighted by Crippen LogP contribution is -2.05. The van der Waals surface area contributed by atoms with Gasteiger partial charge in [0.15, 0.2) is 5.82 Å². The summed E-state index contributed by atoms with van der Waals surface area (Å²) in [5.41, 5.74) is 1.14. The van der Waals surface area contributed by atoms with E-state index >= 15 is 0 Å². The molecule has 0 saturated heterocycles. The van der Waals surface area contributed by atoms with Crippen molar-refractivity contribution in [2.75, 3.05) is 6.54 Å². The van der Waals surface area contributed by atoms with E-state index in [1.165, 1.54) is 6.07 Å². The fraction of sp³-hybridized carbons (Fsp3) is 0.273. The maximum atomic E-state index is 13.3. The fourth-order valence-electron chi connectivity index (χ4n) is 1.53. The van der Waals surface area contributed by atoms with Crippen LogP contribution in [0.5, 0.6) is 0 Å². The predicted molar refractivity (Wildman–Crippen MR) is 53.9 cm³/mol. The van der Waals surface area contributed by atoms with Crippen LogP contribution in [0.3, 0.4) is 0 Å². The van der Waals surface area contributed by atoms with Gasteiger partial charge in [-0.1, -0.05) is 6.08 Å². The van der Waals surface area contributed by atoms with Crippen molar-refractivity contribution in [1.82, 2.24) is 4.98 Å². The number of hydrogen-bond donors (Lipinski definition) is 0. The second-order valence-electron chi connectivity index (χ2n) is 3.32. The molecule has 1 aromatic rings. The van der Waals surface area contributed by atoms with E-state index in [2.05, 4.69) is 16.6 Å². The highest BCUT2D eigenvalue weighted by molar-refractivity contribution is 6.00. The van der Waals surface area contributed by atoms with Crippen LogP contribution >= 0.6 is 0 Å². The van der Waals surface area contributed by atoms with Crippen molar-refractivity contribution in [3.63, 3.8) is 0 Å². The second kappa shape index (κ2) is 3.70. The van der Waals surface area contributed by atoms with E-state index in [1.54, 1.807) is 12.3 Å². The zero-order valence-corrected chi connectivity index (χ0v) is 7.78. The number of hydrogen-bond acceptors (Lipinski definition) is 2. The Labute approximate surface area is 82.2 Å². The van der Waals surface area contributed by atoms with E-state index in [9.17, 15) is 4.39 Å². The number of aromatic nitrogens is 1. The molecule has 0 fully saturated rings. The molecule has 0 spiro atoms. The molecular formula is C11H11FN2. The first kappa shape index (κ1) is 9.06. The maximum absolute atomic E-state index is 13.3. The quantitative estimate of drug-likeness (QED) is 0.656. The highest BCUT2D eigenvalue weighted by atomic mass is 19.1. The molecule has 0 radical (unpaired) electrons. The number of pyridine rings is 1. The molecule has 0 bridgehead atoms. The average molecular weight is 190 g/mol. The number of nitrogens with zero attached hydrogens (tertiary/aromatic N) is 2. The molecule has 2 heterocycles. The summed E-state index contributed by atoms with van der Waals surface area (Å²) in [6.45, 7) is 4.41. The normalized spacial score (nSPS) is 20.6. The van der Waals surface area contributed by atoms with Crippen LogP contribution in [0.4, 0.5) is 4.39 Å². The van der Waals surface area contributed by atoms with E-state index < -0.39 is 0 Å². The molecule has 2 rings (SSSR count). The van der Waals surface area contributed by atoms with Gasteiger partial charge in [0.05, 0.1) is 5.71 Å². The summed E-state index contributed by atoms with van der Waals surface area (Å²) in [4.78, 5) is 8.25. The third-order valence-electron chi connectivity index (χ3n) is 2.34. The number of aliphatic imine (C=N–C) groups is 1. The van der Waals surface area contributed by atoms with E-state index in [0.717, 1.165) is 12.1 Å². The van der Waals surface area contributed by atoms with Crippen LogP contribution in [0.2, 0.25) is 0 Å². The van der Waals surface area contributed by atoms with Gasteiger partial charge < -0.3 is 0 Å². The molecule has 1 aromatic heterocycles. The van der Waals surface area contributed by atoms with Crippen molar-refractivity contribution in [3.05, 3.63) is 42.5 Å². The van der Waals surface area contributed by atoms with Crippen LogP contribution in [0.1, 0.15) is 12.1 Å². The Morgan fingerprint density at radius 1 is 1.57 bits per heavy atom. The molecule has 0 saturated carbocycles. The lowest BCUT2D eigenvalue weighted by Gasteiger charge is -2.01. The van der Waals surface area contributed by atoms with Crippen molar-refractivity contribution in [1.29, 1.82) is 0 Å². The Morgan fingerprint density at radius 3 is 3.07 bits per heavy atom.